The first-order valence-electron chi connectivity index (χ1n) is 7.14. The molecule has 108 valence electrons. The number of anilines is 1. The molecule has 4 rings (SSSR count). The summed E-state index contributed by atoms with van der Waals surface area (Å²) >= 11 is 0. The maximum atomic E-state index is 11.1. The molecule has 1 fully saturated rings. The molecule has 0 radical (unpaired) electrons. The fourth-order valence-electron chi connectivity index (χ4n) is 3.08. The number of nitrogens with zero attached hydrogens (tertiary/aromatic N) is 5. The summed E-state index contributed by atoms with van der Waals surface area (Å²) in [6.07, 6.45) is 8.19. The zero-order chi connectivity index (χ0) is 14.4. The number of nitrogens with two attached hydrogens (primary N) is 1. The van der Waals surface area contributed by atoms with Gasteiger partial charge in [-0.15, -0.1) is 0 Å². The Labute approximate surface area is 121 Å². The Morgan fingerprint density at radius 3 is 2.90 bits per heavy atom. The van der Waals surface area contributed by atoms with E-state index >= 15 is 0 Å². The van der Waals surface area contributed by atoms with Gasteiger partial charge in [0.1, 0.15) is 12.1 Å². The van der Waals surface area contributed by atoms with Crippen molar-refractivity contribution in [1.29, 1.82) is 0 Å². The average molecular weight is 284 g/mol. The highest BCUT2D eigenvalue weighted by Gasteiger charge is 2.32. The van der Waals surface area contributed by atoms with Crippen molar-refractivity contribution in [1.82, 2.24) is 19.7 Å². The third-order valence-electron chi connectivity index (χ3n) is 4.27. The number of hydrogen-bond acceptors (Lipinski definition) is 5. The molecular weight excluding hydrogens is 268 g/mol. The zero-order valence-corrected chi connectivity index (χ0v) is 11.6. The smallest absolute Gasteiger partial charge is 0.251 e. The van der Waals surface area contributed by atoms with Gasteiger partial charge < -0.3 is 10.6 Å². The summed E-state index contributed by atoms with van der Waals surface area (Å²) < 4.78 is 1.82. The lowest BCUT2D eigenvalue weighted by atomic mass is 10.1. The molecule has 0 saturated carbocycles. The van der Waals surface area contributed by atoms with Crippen molar-refractivity contribution in [3.63, 3.8) is 0 Å². The van der Waals surface area contributed by atoms with Gasteiger partial charge in [-0.1, -0.05) is 0 Å². The normalized spacial score (nSPS) is 17.6. The van der Waals surface area contributed by atoms with Crippen LogP contribution in [0.5, 0.6) is 0 Å². The van der Waals surface area contributed by atoms with E-state index < -0.39 is 5.91 Å². The third-order valence-corrected chi connectivity index (χ3v) is 4.27. The van der Waals surface area contributed by atoms with Crippen LogP contribution in [0.4, 0.5) is 5.82 Å². The SMILES string of the molecule is NC(=O)c1cnn(C2CN(c3ncnc4c3CCC4)C2)c1. The van der Waals surface area contributed by atoms with Crippen LogP contribution >= 0.6 is 0 Å². The molecule has 0 bridgehead atoms. The Morgan fingerprint density at radius 2 is 2.14 bits per heavy atom. The number of aryl methyl sites for hydroxylation is 1. The van der Waals surface area contributed by atoms with Gasteiger partial charge >= 0.3 is 0 Å². The second kappa shape index (κ2) is 4.54. The molecule has 0 atom stereocenters. The average Bonchev–Trinajstić information content (AvgIpc) is 3.05. The lowest BCUT2D eigenvalue weighted by Gasteiger charge is -2.40. The van der Waals surface area contributed by atoms with Gasteiger partial charge in [-0.25, -0.2) is 9.97 Å². The Kier molecular flexibility index (Phi) is 2.66. The molecule has 0 aromatic carbocycles. The van der Waals surface area contributed by atoms with Gasteiger partial charge in [-0.05, 0) is 19.3 Å². The van der Waals surface area contributed by atoms with E-state index in [4.69, 9.17) is 5.73 Å². The van der Waals surface area contributed by atoms with Crippen molar-refractivity contribution in [2.24, 2.45) is 5.73 Å². The molecule has 1 aliphatic heterocycles. The minimum atomic E-state index is -0.439. The van der Waals surface area contributed by atoms with E-state index in [9.17, 15) is 4.79 Å². The van der Waals surface area contributed by atoms with E-state index in [-0.39, 0.29) is 6.04 Å². The minimum Gasteiger partial charge on any atom is -0.366 e. The molecule has 21 heavy (non-hydrogen) atoms. The van der Waals surface area contributed by atoms with Crippen LogP contribution in [0.2, 0.25) is 0 Å². The summed E-state index contributed by atoms with van der Waals surface area (Å²) in [5, 5.41) is 4.22. The van der Waals surface area contributed by atoms with Crippen LogP contribution in [0.25, 0.3) is 0 Å². The van der Waals surface area contributed by atoms with Gasteiger partial charge in [0.2, 0.25) is 0 Å². The van der Waals surface area contributed by atoms with Crippen molar-refractivity contribution < 1.29 is 4.79 Å². The van der Waals surface area contributed by atoms with Crippen LogP contribution in [-0.2, 0) is 12.8 Å². The molecule has 2 aromatic rings. The molecule has 2 aromatic heterocycles. The molecule has 2 aliphatic rings. The van der Waals surface area contributed by atoms with Crippen LogP contribution in [0.1, 0.15) is 34.1 Å². The van der Waals surface area contributed by atoms with E-state index in [1.807, 2.05) is 4.68 Å². The minimum absolute atomic E-state index is 0.269. The van der Waals surface area contributed by atoms with E-state index in [1.54, 1.807) is 12.5 Å². The largest absolute Gasteiger partial charge is 0.366 e. The van der Waals surface area contributed by atoms with Crippen LogP contribution < -0.4 is 10.6 Å². The van der Waals surface area contributed by atoms with Crippen LogP contribution in [0.15, 0.2) is 18.7 Å². The molecule has 1 amide bonds. The Morgan fingerprint density at radius 1 is 1.29 bits per heavy atom. The van der Waals surface area contributed by atoms with Crippen LogP contribution in [-0.4, -0.2) is 38.7 Å². The molecule has 7 nitrogen and oxygen atoms in total. The number of primary amides is 1. The summed E-state index contributed by atoms with van der Waals surface area (Å²) in [4.78, 5) is 22.1. The fourth-order valence-corrected chi connectivity index (χ4v) is 3.08. The van der Waals surface area contributed by atoms with E-state index in [0.29, 0.717) is 5.56 Å². The molecular formula is C14H16N6O. The molecule has 1 aliphatic carbocycles. The van der Waals surface area contributed by atoms with E-state index in [2.05, 4.69) is 20.0 Å². The summed E-state index contributed by atoms with van der Waals surface area (Å²) in [5.74, 6) is 0.627. The number of carbonyl (C=O) groups is 1. The molecule has 2 N–H and O–H groups in total. The highest BCUT2D eigenvalue weighted by molar-refractivity contribution is 5.92. The Balaban J connectivity index is 1.50. The van der Waals surface area contributed by atoms with Crippen molar-refractivity contribution >= 4 is 11.7 Å². The van der Waals surface area contributed by atoms with Gasteiger partial charge in [-0.2, -0.15) is 5.10 Å². The zero-order valence-electron chi connectivity index (χ0n) is 11.6. The highest BCUT2D eigenvalue weighted by Crippen LogP contribution is 2.33. The lowest BCUT2D eigenvalue weighted by molar-refractivity contribution is 0.1000. The first-order chi connectivity index (χ1) is 10.2. The van der Waals surface area contributed by atoms with E-state index in [1.165, 1.54) is 23.9 Å². The fraction of sp³-hybridized carbons (Fsp3) is 0.429. The van der Waals surface area contributed by atoms with Crippen molar-refractivity contribution in [3.8, 4) is 0 Å². The van der Waals surface area contributed by atoms with Gasteiger partial charge in [0.15, 0.2) is 0 Å². The summed E-state index contributed by atoms with van der Waals surface area (Å²) in [7, 11) is 0. The predicted molar refractivity (Wildman–Crippen MR) is 76.1 cm³/mol. The number of amides is 1. The number of fused-ring (bicyclic) bond motifs is 1. The van der Waals surface area contributed by atoms with Gasteiger partial charge in [0, 0.05) is 30.5 Å². The van der Waals surface area contributed by atoms with Crippen molar-refractivity contribution in [2.75, 3.05) is 18.0 Å². The maximum Gasteiger partial charge on any atom is 0.251 e. The van der Waals surface area contributed by atoms with Gasteiger partial charge in [0.05, 0.1) is 17.8 Å². The predicted octanol–water partition coefficient (Wildman–Crippen LogP) is 0.322. The van der Waals surface area contributed by atoms with Crippen LogP contribution in [0, 0.1) is 0 Å². The maximum absolute atomic E-state index is 11.1. The molecule has 3 heterocycles. The topological polar surface area (TPSA) is 89.9 Å². The van der Waals surface area contributed by atoms with Crippen LogP contribution in [0.3, 0.4) is 0 Å². The number of hydrogen-bond donors (Lipinski definition) is 1. The summed E-state index contributed by atoms with van der Waals surface area (Å²) in [6, 6.07) is 0.269. The first-order valence-corrected chi connectivity index (χ1v) is 7.14. The lowest BCUT2D eigenvalue weighted by Crippen LogP contribution is -2.48. The Bertz CT molecular complexity index is 703. The molecule has 1 saturated heterocycles. The van der Waals surface area contributed by atoms with Gasteiger partial charge in [-0.3, -0.25) is 9.48 Å². The molecule has 0 spiro atoms. The molecule has 0 unspecified atom stereocenters. The number of rotatable bonds is 3. The number of carbonyl (C=O) groups excluding carboxylic acids is 1. The number of aromatic nitrogens is 4. The second-order valence-electron chi connectivity index (χ2n) is 5.61. The van der Waals surface area contributed by atoms with Crippen molar-refractivity contribution in [2.45, 2.75) is 25.3 Å². The summed E-state index contributed by atoms with van der Waals surface area (Å²) in [6.45, 7) is 1.70. The molecule has 7 heteroatoms. The Hall–Kier alpha value is -2.44. The van der Waals surface area contributed by atoms with Gasteiger partial charge in [0.25, 0.3) is 5.91 Å². The third kappa shape index (κ3) is 1.96. The first kappa shape index (κ1) is 12.3. The highest BCUT2D eigenvalue weighted by atomic mass is 16.1. The standard InChI is InChI=1S/C14H16N6O/c15-13(21)9-4-18-20(5-9)10-6-19(7-10)14-11-2-1-3-12(11)16-8-17-14/h4-5,8,10H,1-3,6-7H2,(H2,15,21). The monoisotopic (exact) mass is 284 g/mol. The van der Waals surface area contributed by atoms with E-state index in [0.717, 1.165) is 31.7 Å². The second-order valence-corrected chi connectivity index (χ2v) is 5.61. The summed E-state index contributed by atoms with van der Waals surface area (Å²) in [5.41, 5.74) is 8.20. The quantitative estimate of drug-likeness (QED) is 0.876. The van der Waals surface area contributed by atoms with Crippen molar-refractivity contribution in [3.05, 3.63) is 35.5 Å².